The smallest absolute Gasteiger partial charge is 0.319 e. The van der Waals surface area contributed by atoms with Crippen molar-refractivity contribution in [1.29, 1.82) is 0 Å². The van der Waals surface area contributed by atoms with Crippen molar-refractivity contribution in [2.75, 3.05) is 6.54 Å². The number of hydrogen-bond acceptors (Lipinski definition) is 3. The van der Waals surface area contributed by atoms with E-state index in [2.05, 4.69) is 5.32 Å². The minimum absolute atomic E-state index is 0.191. The molecule has 7 heteroatoms. The maximum atomic E-state index is 13.8. The van der Waals surface area contributed by atoms with Crippen LogP contribution in [0.25, 0.3) is 0 Å². The Morgan fingerprint density at radius 3 is 2.35 bits per heavy atom. The van der Waals surface area contributed by atoms with E-state index in [0.717, 1.165) is 11.0 Å². The van der Waals surface area contributed by atoms with Crippen LogP contribution in [0.5, 0.6) is 0 Å². The molecule has 0 saturated carbocycles. The normalized spacial score (nSPS) is 19.6. The first kappa shape index (κ1) is 17.7. The zero-order valence-electron chi connectivity index (χ0n) is 14.0. The van der Waals surface area contributed by atoms with E-state index in [1.54, 1.807) is 6.92 Å². The molecule has 3 rings (SSSR count). The first-order chi connectivity index (χ1) is 12.4. The molecule has 2 aromatic rings. The van der Waals surface area contributed by atoms with Gasteiger partial charge < -0.3 is 5.32 Å². The lowest BCUT2D eigenvalue weighted by Crippen LogP contribution is -2.43. The highest BCUT2D eigenvalue weighted by Crippen LogP contribution is 2.32. The van der Waals surface area contributed by atoms with Gasteiger partial charge in [0, 0.05) is 0 Å². The molecule has 0 radical (unpaired) electrons. The van der Waals surface area contributed by atoms with Crippen molar-refractivity contribution >= 4 is 17.7 Å². The monoisotopic (exact) mass is 358 g/mol. The maximum absolute atomic E-state index is 13.8. The molecule has 0 aliphatic carbocycles. The van der Waals surface area contributed by atoms with E-state index in [0.29, 0.717) is 5.56 Å². The van der Waals surface area contributed by atoms with Crippen LogP contribution in [0.4, 0.5) is 13.6 Å². The largest absolute Gasteiger partial charge is 0.325 e. The summed E-state index contributed by atoms with van der Waals surface area (Å²) in [4.78, 5) is 38.3. The van der Waals surface area contributed by atoms with Gasteiger partial charge in [-0.25, -0.2) is 13.6 Å². The molecule has 26 heavy (non-hydrogen) atoms. The molecule has 134 valence electrons. The molecule has 1 heterocycles. The maximum Gasteiger partial charge on any atom is 0.325 e. The van der Waals surface area contributed by atoms with E-state index >= 15 is 0 Å². The second-order valence-electron chi connectivity index (χ2n) is 5.99. The molecule has 2 aromatic carbocycles. The van der Waals surface area contributed by atoms with Gasteiger partial charge in [0.1, 0.15) is 17.2 Å². The van der Waals surface area contributed by atoms with E-state index in [1.165, 1.54) is 42.5 Å². The Bertz CT molecular complexity index is 883. The third-order valence-corrected chi connectivity index (χ3v) is 4.52. The van der Waals surface area contributed by atoms with Crippen LogP contribution in [0, 0.1) is 11.6 Å². The van der Waals surface area contributed by atoms with Crippen LogP contribution >= 0.6 is 0 Å². The number of carbonyl (C=O) groups excluding carboxylic acids is 3. The summed E-state index contributed by atoms with van der Waals surface area (Å²) in [6, 6.07) is 9.84. The standard InChI is InChI=1S/C19H16F2N2O3/c1-2-19(12-7-9-13(20)10-8-12)17(25)23(18(26)22-19)11-16(24)14-5-3-4-6-15(14)21/h3-10H,2,11H2,1H3,(H,22,26)/t19-/m0/s1. The van der Waals surface area contributed by atoms with E-state index in [9.17, 15) is 23.2 Å². The molecule has 0 spiro atoms. The van der Waals surface area contributed by atoms with Crippen LogP contribution in [0.3, 0.4) is 0 Å². The van der Waals surface area contributed by atoms with Crippen molar-refractivity contribution in [2.45, 2.75) is 18.9 Å². The topological polar surface area (TPSA) is 66.5 Å². The van der Waals surface area contributed by atoms with Crippen LogP contribution in [0.2, 0.25) is 0 Å². The summed E-state index contributed by atoms with van der Waals surface area (Å²) in [5.74, 6) is -2.49. The Hall–Kier alpha value is -3.09. The Balaban J connectivity index is 1.90. The summed E-state index contributed by atoms with van der Waals surface area (Å²) in [7, 11) is 0. The molecule has 0 bridgehead atoms. The quantitative estimate of drug-likeness (QED) is 0.660. The number of carbonyl (C=O) groups is 3. The number of amides is 3. The predicted molar refractivity (Wildman–Crippen MR) is 89.3 cm³/mol. The zero-order valence-corrected chi connectivity index (χ0v) is 14.0. The molecule has 1 aliphatic heterocycles. The molecule has 1 N–H and O–H groups in total. The lowest BCUT2D eigenvalue weighted by Gasteiger charge is -2.25. The Morgan fingerprint density at radius 1 is 1.08 bits per heavy atom. The number of Topliss-reactive ketones (excluding diaryl/α,β-unsaturated/α-hetero) is 1. The van der Waals surface area contributed by atoms with E-state index in [4.69, 9.17) is 0 Å². The van der Waals surface area contributed by atoms with Gasteiger partial charge in [-0.05, 0) is 36.2 Å². The van der Waals surface area contributed by atoms with Crippen LogP contribution in [-0.4, -0.2) is 29.2 Å². The highest BCUT2D eigenvalue weighted by molar-refractivity contribution is 6.11. The number of rotatable bonds is 5. The molecule has 1 aliphatic rings. The fourth-order valence-corrected chi connectivity index (χ4v) is 3.06. The summed E-state index contributed by atoms with van der Waals surface area (Å²) < 4.78 is 27.0. The molecule has 0 unspecified atom stereocenters. The summed E-state index contributed by atoms with van der Waals surface area (Å²) >= 11 is 0. The number of hydrogen-bond donors (Lipinski definition) is 1. The number of ketones is 1. The van der Waals surface area contributed by atoms with Crippen molar-refractivity contribution in [3.63, 3.8) is 0 Å². The number of nitrogens with one attached hydrogen (secondary N) is 1. The average Bonchev–Trinajstić information content (AvgIpc) is 2.87. The van der Waals surface area contributed by atoms with Crippen molar-refractivity contribution < 1.29 is 23.2 Å². The second-order valence-corrected chi connectivity index (χ2v) is 5.99. The number of imide groups is 1. The summed E-state index contributed by atoms with van der Waals surface area (Å²) in [5, 5.41) is 2.59. The fourth-order valence-electron chi connectivity index (χ4n) is 3.06. The average molecular weight is 358 g/mol. The van der Waals surface area contributed by atoms with E-state index in [-0.39, 0.29) is 12.0 Å². The molecular formula is C19H16F2N2O3. The van der Waals surface area contributed by atoms with Crippen LogP contribution in [0.1, 0.15) is 29.3 Å². The van der Waals surface area contributed by atoms with Gasteiger partial charge in [-0.3, -0.25) is 14.5 Å². The summed E-state index contributed by atoms with van der Waals surface area (Å²) in [6.45, 7) is 1.12. The SMILES string of the molecule is CC[C@@]1(c2ccc(F)cc2)NC(=O)N(CC(=O)c2ccccc2F)C1=O. The minimum atomic E-state index is -1.37. The first-order valence-electron chi connectivity index (χ1n) is 8.07. The second kappa shape index (κ2) is 6.67. The minimum Gasteiger partial charge on any atom is -0.319 e. The van der Waals surface area contributed by atoms with E-state index < -0.39 is 41.4 Å². The molecule has 5 nitrogen and oxygen atoms in total. The van der Waals surface area contributed by atoms with Gasteiger partial charge in [-0.2, -0.15) is 0 Å². The van der Waals surface area contributed by atoms with E-state index in [1.807, 2.05) is 0 Å². The molecule has 1 saturated heterocycles. The van der Waals surface area contributed by atoms with Gasteiger partial charge in [0.25, 0.3) is 5.91 Å². The van der Waals surface area contributed by atoms with Crippen molar-refractivity contribution in [1.82, 2.24) is 10.2 Å². The number of benzene rings is 2. The Labute approximate surface area is 148 Å². The molecule has 0 aromatic heterocycles. The van der Waals surface area contributed by atoms with Crippen LogP contribution in [0.15, 0.2) is 48.5 Å². The van der Waals surface area contributed by atoms with Gasteiger partial charge >= 0.3 is 6.03 Å². The number of urea groups is 1. The Kier molecular flexibility index (Phi) is 4.54. The van der Waals surface area contributed by atoms with Crippen molar-refractivity contribution in [3.8, 4) is 0 Å². The van der Waals surface area contributed by atoms with Crippen LogP contribution in [-0.2, 0) is 10.3 Å². The highest BCUT2D eigenvalue weighted by Gasteiger charge is 2.51. The number of nitrogens with zero attached hydrogens (tertiary/aromatic N) is 1. The third-order valence-electron chi connectivity index (χ3n) is 4.52. The Morgan fingerprint density at radius 2 is 1.73 bits per heavy atom. The van der Waals surface area contributed by atoms with Crippen molar-refractivity contribution in [2.24, 2.45) is 0 Å². The lowest BCUT2D eigenvalue weighted by molar-refractivity contribution is -0.131. The molecule has 3 amide bonds. The van der Waals surface area contributed by atoms with Gasteiger partial charge in [0.2, 0.25) is 0 Å². The summed E-state index contributed by atoms with van der Waals surface area (Å²) in [6.07, 6.45) is 0.216. The number of halogens is 2. The van der Waals surface area contributed by atoms with Crippen LogP contribution < -0.4 is 5.32 Å². The molecule has 1 atom stereocenters. The lowest BCUT2D eigenvalue weighted by atomic mass is 9.87. The predicted octanol–water partition coefficient (Wildman–Crippen LogP) is 3.00. The van der Waals surface area contributed by atoms with Gasteiger partial charge in [0.15, 0.2) is 5.78 Å². The van der Waals surface area contributed by atoms with Gasteiger partial charge in [0.05, 0.1) is 12.1 Å². The third kappa shape index (κ3) is 2.85. The molecule has 1 fully saturated rings. The summed E-state index contributed by atoms with van der Waals surface area (Å²) in [5.41, 5.74) is -1.15. The molecular weight excluding hydrogens is 342 g/mol. The highest BCUT2D eigenvalue weighted by atomic mass is 19.1. The zero-order chi connectivity index (χ0) is 18.9. The van der Waals surface area contributed by atoms with Gasteiger partial charge in [-0.1, -0.05) is 31.2 Å². The first-order valence-corrected chi connectivity index (χ1v) is 8.07. The van der Waals surface area contributed by atoms with Crippen molar-refractivity contribution in [3.05, 3.63) is 71.3 Å². The van der Waals surface area contributed by atoms with Gasteiger partial charge in [-0.15, -0.1) is 0 Å². The fraction of sp³-hybridized carbons (Fsp3) is 0.211.